The Hall–Kier alpha value is -1.50. The highest BCUT2D eigenvalue weighted by Crippen LogP contribution is 2.14. The average Bonchev–Trinajstić information content (AvgIpc) is 2.56. The molecule has 1 aromatic rings. The van der Waals surface area contributed by atoms with Crippen molar-refractivity contribution >= 4 is 11.6 Å². The van der Waals surface area contributed by atoms with Gasteiger partial charge in [0.05, 0.1) is 6.10 Å². The van der Waals surface area contributed by atoms with Crippen LogP contribution in [0.1, 0.15) is 25.7 Å². The van der Waals surface area contributed by atoms with E-state index in [1.54, 1.807) is 12.1 Å². The van der Waals surface area contributed by atoms with Crippen molar-refractivity contribution in [1.29, 1.82) is 0 Å². The molecule has 1 amide bonds. The molecule has 0 aliphatic carbocycles. The van der Waals surface area contributed by atoms with E-state index in [1.807, 2.05) is 0 Å². The maximum Gasteiger partial charge on any atom is 0.225 e. The molecule has 2 N–H and O–H groups in total. The summed E-state index contributed by atoms with van der Waals surface area (Å²) in [6.45, 7) is 3.35. The van der Waals surface area contributed by atoms with Crippen molar-refractivity contribution in [3.8, 4) is 0 Å². The van der Waals surface area contributed by atoms with Crippen LogP contribution in [-0.4, -0.2) is 54.9 Å². The number of nitrogens with zero attached hydrogens (tertiary/aromatic N) is 1. The summed E-state index contributed by atoms with van der Waals surface area (Å²) in [5.41, 5.74) is 0.618. The van der Waals surface area contributed by atoms with Crippen LogP contribution in [0.25, 0.3) is 0 Å². The highest BCUT2D eigenvalue weighted by molar-refractivity contribution is 5.90. The minimum absolute atomic E-state index is 0.0575. The Labute approximate surface area is 136 Å². The van der Waals surface area contributed by atoms with Gasteiger partial charge in [-0.05, 0) is 43.5 Å². The van der Waals surface area contributed by atoms with Crippen molar-refractivity contribution in [1.82, 2.24) is 4.90 Å². The third-order valence-corrected chi connectivity index (χ3v) is 3.97. The first-order chi connectivity index (χ1) is 11.2. The Morgan fingerprint density at radius 3 is 2.65 bits per heavy atom. The van der Waals surface area contributed by atoms with Gasteiger partial charge in [0, 0.05) is 45.0 Å². The lowest BCUT2D eigenvalue weighted by Crippen LogP contribution is -2.38. The minimum atomic E-state index is -0.313. The number of anilines is 1. The molecule has 0 atom stereocenters. The summed E-state index contributed by atoms with van der Waals surface area (Å²) < 4.78 is 18.5. The highest BCUT2D eigenvalue weighted by Gasteiger charge is 2.19. The quantitative estimate of drug-likeness (QED) is 0.718. The monoisotopic (exact) mass is 324 g/mol. The number of piperidine rings is 1. The van der Waals surface area contributed by atoms with Gasteiger partial charge in [0.25, 0.3) is 0 Å². The van der Waals surface area contributed by atoms with E-state index in [2.05, 4.69) is 10.2 Å². The number of rotatable bonds is 8. The lowest BCUT2D eigenvalue weighted by molar-refractivity contribution is -0.116. The predicted octanol–water partition coefficient (Wildman–Crippen LogP) is 2.02. The molecule has 0 saturated carbocycles. The van der Waals surface area contributed by atoms with Crippen LogP contribution in [0.3, 0.4) is 0 Å². The first kappa shape index (κ1) is 17.8. The summed E-state index contributed by atoms with van der Waals surface area (Å²) in [5, 5.41) is 11.5. The Balaban J connectivity index is 1.61. The van der Waals surface area contributed by atoms with Gasteiger partial charge in [0.2, 0.25) is 5.91 Å². The molecular weight excluding hydrogens is 299 g/mol. The third kappa shape index (κ3) is 6.64. The number of carbonyl (C=O) groups excluding carboxylic acids is 1. The number of nitrogens with one attached hydrogen (secondary N) is 1. The summed E-state index contributed by atoms with van der Waals surface area (Å²) >= 11 is 0. The molecule has 1 saturated heterocycles. The number of aliphatic hydroxyl groups is 1. The first-order valence-corrected chi connectivity index (χ1v) is 8.17. The number of halogens is 1. The molecule has 0 aromatic heterocycles. The van der Waals surface area contributed by atoms with Gasteiger partial charge < -0.3 is 20.1 Å². The van der Waals surface area contributed by atoms with Gasteiger partial charge in [-0.1, -0.05) is 0 Å². The highest BCUT2D eigenvalue weighted by atomic mass is 19.1. The third-order valence-electron chi connectivity index (χ3n) is 3.97. The van der Waals surface area contributed by atoms with Crippen molar-refractivity contribution in [3.63, 3.8) is 0 Å². The molecule has 1 aromatic carbocycles. The molecular formula is C17H25FN2O3. The Morgan fingerprint density at radius 2 is 2.00 bits per heavy atom. The predicted molar refractivity (Wildman–Crippen MR) is 86.8 cm³/mol. The Kier molecular flexibility index (Phi) is 7.45. The molecule has 1 aliphatic rings. The number of benzene rings is 1. The van der Waals surface area contributed by atoms with Crippen LogP contribution < -0.4 is 5.32 Å². The van der Waals surface area contributed by atoms with Crippen LogP contribution in [0.5, 0.6) is 0 Å². The Morgan fingerprint density at radius 1 is 1.30 bits per heavy atom. The summed E-state index contributed by atoms with van der Waals surface area (Å²) in [4.78, 5) is 14.2. The number of amides is 1. The maximum absolute atomic E-state index is 12.8. The number of carbonyl (C=O) groups is 1. The van der Waals surface area contributed by atoms with E-state index in [1.165, 1.54) is 12.1 Å². The lowest BCUT2D eigenvalue weighted by Gasteiger charge is -2.31. The standard InChI is InChI=1S/C17H25FN2O3/c18-14-2-4-15(5-3-14)19-17(22)8-11-20-9-6-16(7-10-20)23-13-1-12-21/h2-5,16,21H,1,6-13H2,(H,19,22). The average molecular weight is 324 g/mol. The molecule has 1 aliphatic heterocycles. The number of ether oxygens (including phenoxy) is 1. The molecule has 2 rings (SSSR count). The number of hydrogen-bond acceptors (Lipinski definition) is 4. The second kappa shape index (κ2) is 9.60. The summed E-state index contributed by atoms with van der Waals surface area (Å²) in [6.07, 6.45) is 3.30. The van der Waals surface area contributed by atoms with Crippen LogP contribution in [0.15, 0.2) is 24.3 Å². The van der Waals surface area contributed by atoms with Crippen LogP contribution >= 0.6 is 0 Å². The summed E-state index contributed by atoms with van der Waals surface area (Å²) in [7, 11) is 0. The van der Waals surface area contributed by atoms with Crippen LogP contribution in [0, 0.1) is 5.82 Å². The molecule has 6 heteroatoms. The largest absolute Gasteiger partial charge is 0.396 e. The fraction of sp³-hybridized carbons (Fsp3) is 0.588. The zero-order valence-electron chi connectivity index (χ0n) is 13.3. The smallest absolute Gasteiger partial charge is 0.225 e. The number of likely N-dealkylation sites (tertiary alicyclic amines) is 1. The second-order valence-corrected chi connectivity index (χ2v) is 5.79. The van der Waals surface area contributed by atoms with Crippen molar-refractivity contribution in [2.75, 3.05) is 38.2 Å². The number of aliphatic hydroxyl groups excluding tert-OH is 1. The normalized spacial score (nSPS) is 16.4. The van der Waals surface area contributed by atoms with Crippen molar-refractivity contribution < 1.29 is 19.0 Å². The van der Waals surface area contributed by atoms with Gasteiger partial charge in [-0.25, -0.2) is 4.39 Å². The van der Waals surface area contributed by atoms with Crippen molar-refractivity contribution in [2.45, 2.75) is 31.8 Å². The SMILES string of the molecule is O=C(CCN1CCC(OCCCO)CC1)Nc1ccc(F)cc1. The molecule has 1 heterocycles. The fourth-order valence-electron chi connectivity index (χ4n) is 2.63. The van der Waals surface area contributed by atoms with E-state index in [9.17, 15) is 9.18 Å². The molecule has 5 nitrogen and oxygen atoms in total. The summed E-state index contributed by atoms with van der Waals surface area (Å²) in [6, 6.07) is 5.78. The van der Waals surface area contributed by atoms with E-state index in [0.717, 1.165) is 32.5 Å². The first-order valence-electron chi connectivity index (χ1n) is 8.17. The van der Waals surface area contributed by atoms with Gasteiger partial charge in [-0.2, -0.15) is 0 Å². The maximum atomic E-state index is 12.8. The molecule has 0 radical (unpaired) electrons. The van der Waals surface area contributed by atoms with E-state index in [0.29, 0.717) is 25.1 Å². The van der Waals surface area contributed by atoms with E-state index in [-0.39, 0.29) is 24.4 Å². The van der Waals surface area contributed by atoms with Crippen molar-refractivity contribution in [3.05, 3.63) is 30.1 Å². The molecule has 128 valence electrons. The fourth-order valence-corrected chi connectivity index (χ4v) is 2.63. The Bertz CT molecular complexity index is 473. The topological polar surface area (TPSA) is 61.8 Å². The molecule has 23 heavy (non-hydrogen) atoms. The van der Waals surface area contributed by atoms with Gasteiger partial charge >= 0.3 is 0 Å². The second-order valence-electron chi connectivity index (χ2n) is 5.79. The zero-order valence-corrected chi connectivity index (χ0v) is 13.3. The van der Waals surface area contributed by atoms with Crippen LogP contribution in [0.4, 0.5) is 10.1 Å². The summed E-state index contributed by atoms with van der Waals surface area (Å²) in [5.74, 6) is -0.370. The van der Waals surface area contributed by atoms with Gasteiger partial charge in [0.15, 0.2) is 0 Å². The molecule has 0 unspecified atom stereocenters. The van der Waals surface area contributed by atoms with Gasteiger partial charge in [-0.3, -0.25) is 4.79 Å². The minimum Gasteiger partial charge on any atom is -0.396 e. The van der Waals surface area contributed by atoms with Crippen LogP contribution in [0.2, 0.25) is 0 Å². The van der Waals surface area contributed by atoms with Crippen LogP contribution in [-0.2, 0) is 9.53 Å². The zero-order chi connectivity index (χ0) is 16.5. The molecule has 0 bridgehead atoms. The van der Waals surface area contributed by atoms with E-state index >= 15 is 0 Å². The van der Waals surface area contributed by atoms with E-state index in [4.69, 9.17) is 9.84 Å². The van der Waals surface area contributed by atoms with Gasteiger partial charge in [0.1, 0.15) is 5.82 Å². The molecule has 0 spiro atoms. The lowest BCUT2D eigenvalue weighted by atomic mass is 10.1. The molecule has 1 fully saturated rings. The van der Waals surface area contributed by atoms with Gasteiger partial charge in [-0.15, -0.1) is 0 Å². The van der Waals surface area contributed by atoms with E-state index < -0.39 is 0 Å². The van der Waals surface area contributed by atoms with Crippen molar-refractivity contribution in [2.24, 2.45) is 0 Å². The number of hydrogen-bond donors (Lipinski definition) is 2.